The lowest BCUT2D eigenvalue weighted by Crippen LogP contribution is -2.30. The van der Waals surface area contributed by atoms with Crippen molar-refractivity contribution in [3.63, 3.8) is 0 Å². The van der Waals surface area contributed by atoms with Gasteiger partial charge in [0, 0.05) is 11.8 Å². The zero-order valence-corrected chi connectivity index (χ0v) is 12.6. The molecule has 5 heteroatoms. The number of halogens is 2. The van der Waals surface area contributed by atoms with Crippen LogP contribution in [0.5, 0.6) is 5.75 Å². The van der Waals surface area contributed by atoms with Crippen LogP contribution in [0, 0.1) is 25.5 Å². The number of hydrogen-bond donors (Lipinski definition) is 1. The molecule has 0 heterocycles. The molecule has 1 amide bonds. The Kier molecular flexibility index (Phi) is 4.75. The van der Waals surface area contributed by atoms with E-state index in [4.69, 9.17) is 4.74 Å². The molecule has 0 aliphatic carbocycles. The Labute approximate surface area is 127 Å². The fourth-order valence-electron chi connectivity index (χ4n) is 1.99. The molecular weight excluding hydrogens is 288 g/mol. The first-order valence-corrected chi connectivity index (χ1v) is 6.86. The second kappa shape index (κ2) is 6.56. The topological polar surface area (TPSA) is 38.3 Å². The minimum atomic E-state index is -1.01. The summed E-state index contributed by atoms with van der Waals surface area (Å²) in [5.41, 5.74) is 2.20. The van der Waals surface area contributed by atoms with Crippen LogP contribution in [-0.4, -0.2) is 12.0 Å². The maximum absolute atomic E-state index is 13.1. The molecule has 0 bridgehead atoms. The van der Waals surface area contributed by atoms with Gasteiger partial charge in [-0.3, -0.25) is 4.79 Å². The van der Waals surface area contributed by atoms with Crippen molar-refractivity contribution >= 4 is 11.6 Å². The molecule has 0 aromatic heterocycles. The van der Waals surface area contributed by atoms with Crippen molar-refractivity contribution < 1.29 is 18.3 Å². The fraction of sp³-hybridized carbons (Fsp3) is 0.235. The molecule has 0 saturated heterocycles. The molecule has 1 N–H and O–H groups in total. The van der Waals surface area contributed by atoms with Gasteiger partial charge in [-0.2, -0.15) is 0 Å². The Hall–Kier alpha value is -2.43. The highest BCUT2D eigenvalue weighted by molar-refractivity contribution is 5.94. The van der Waals surface area contributed by atoms with Crippen LogP contribution in [0.25, 0.3) is 0 Å². The number of nitrogens with one attached hydrogen (secondary N) is 1. The van der Waals surface area contributed by atoms with E-state index in [1.54, 1.807) is 13.0 Å². The highest BCUT2D eigenvalue weighted by Gasteiger charge is 2.16. The summed E-state index contributed by atoms with van der Waals surface area (Å²) in [6.07, 6.45) is -0.769. The Morgan fingerprint density at radius 3 is 2.45 bits per heavy atom. The number of ether oxygens (including phenoxy) is 1. The molecule has 1 atom stereocenters. The number of carbonyl (C=O) groups is 1. The van der Waals surface area contributed by atoms with Crippen LogP contribution < -0.4 is 10.1 Å². The summed E-state index contributed by atoms with van der Waals surface area (Å²) < 4.78 is 31.6. The SMILES string of the molecule is Cc1ccc(O[C@@H](C)C(=O)Nc2ccc(F)c(F)c2)c(C)c1. The largest absolute Gasteiger partial charge is 0.481 e. The van der Waals surface area contributed by atoms with Crippen molar-refractivity contribution in [1.82, 2.24) is 0 Å². The van der Waals surface area contributed by atoms with Crippen molar-refractivity contribution in [3.8, 4) is 5.75 Å². The summed E-state index contributed by atoms with van der Waals surface area (Å²) >= 11 is 0. The Balaban J connectivity index is 2.04. The van der Waals surface area contributed by atoms with Crippen molar-refractivity contribution in [2.75, 3.05) is 5.32 Å². The Morgan fingerprint density at radius 2 is 1.82 bits per heavy atom. The van der Waals surface area contributed by atoms with E-state index in [1.807, 2.05) is 26.0 Å². The number of aryl methyl sites for hydroxylation is 2. The number of carbonyl (C=O) groups excluding carboxylic acids is 1. The molecule has 0 radical (unpaired) electrons. The average Bonchev–Trinajstić information content (AvgIpc) is 2.45. The molecule has 0 saturated carbocycles. The molecular formula is C17H17F2NO2. The van der Waals surface area contributed by atoms with Gasteiger partial charge in [-0.25, -0.2) is 8.78 Å². The van der Waals surface area contributed by atoms with Gasteiger partial charge in [0.25, 0.3) is 5.91 Å². The summed E-state index contributed by atoms with van der Waals surface area (Å²) in [4.78, 5) is 12.0. The maximum Gasteiger partial charge on any atom is 0.265 e. The number of anilines is 1. The third-order valence-electron chi connectivity index (χ3n) is 3.19. The molecule has 0 aliphatic rings. The van der Waals surface area contributed by atoms with Gasteiger partial charge in [0.15, 0.2) is 17.7 Å². The number of benzene rings is 2. The van der Waals surface area contributed by atoms with Gasteiger partial charge in [0.05, 0.1) is 0 Å². The van der Waals surface area contributed by atoms with E-state index in [9.17, 15) is 13.6 Å². The van der Waals surface area contributed by atoms with Gasteiger partial charge >= 0.3 is 0 Å². The molecule has 2 aromatic rings. The van der Waals surface area contributed by atoms with E-state index >= 15 is 0 Å². The van der Waals surface area contributed by atoms with E-state index in [-0.39, 0.29) is 5.69 Å². The van der Waals surface area contributed by atoms with E-state index in [2.05, 4.69) is 5.32 Å². The summed E-state index contributed by atoms with van der Waals surface area (Å²) in [6.45, 7) is 5.45. The molecule has 2 rings (SSSR count). The summed E-state index contributed by atoms with van der Waals surface area (Å²) in [5, 5.41) is 2.49. The standard InChI is InChI=1S/C17H17F2NO2/c1-10-4-7-16(11(2)8-10)22-12(3)17(21)20-13-5-6-14(18)15(19)9-13/h4-9,12H,1-3H3,(H,20,21)/t12-/m0/s1. The third-order valence-corrected chi connectivity index (χ3v) is 3.19. The van der Waals surface area contributed by atoms with Crippen LogP contribution in [0.3, 0.4) is 0 Å². The van der Waals surface area contributed by atoms with E-state index in [1.165, 1.54) is 6.07 Å². The second-order valence-electron chi connectivity index (χ2n) is 5.15. The van der Waals surface area contributed by atoms with E-state index in [0.717, 1.165) is 23.3 Å². The van der Waals surface area contributed by atoms with Crippen LogP contribution in [-0.2, 0) is 4.79 Å². The third kappa shape index (κ3) is 3.81. The Morgan fingerprint density at radius 1 is 1.09 bits per heavy atom. The number of amides is 1. The van der Waals surface area contributed by atoms with Gasteiger partial charge < -0.3 is 10.1 Å². The number of rotatable bonds is 4. The van der Waals surface area contributed by atoms with Gasteiger partial charge in [0.2, 0.25) is 0 Å². The monoisotopic (exact) mass is 305 g/mol. The highest BCUT2D eigenvalue weighted by Crippen LogP contribution is 2.20. The lowest BCUT2D eigenvalue weighted by Gasteiger charge is -2.16. The van der Waals surface area contributed by atoms with Crippen molar-refractivity contribution in [2.24, 2.45) is 0 Å². The van der Waals surface area contributed by atoms with Gasteiger partial charge in [-0.1, -0.05) is 17.7 Å². The first-order chi connectivity index (χ1) is 10.4. The minimum absolute atomic E-state index is 0.181. The molecule has 22 heavy (non-hydrogen) atoms. The Bertz CT molecular complexity index is 701. The van der Waals surface area contributed by atoms with Crippen LogP contribution in [0.1, 0.15) is 18.1 Å². The normalized spacial score (nSPS) is 11.9. The van der Waals surface area contributed by atoms with Crippen molar-refractivity contribution in [2.45, 2.75) is 26.9 Å². The summed E-state index contributed by atoms with van der Waals surface area (Å²) in [7, 11) is 0. The molecule has 0 fully saturated rings. The lowest BCUT2D eigenvalue weighted by molar-refractivity contribution is -0.122. The van der Waals surface area contributed by atoms with Crippen molar-refractivity contribution in [3.05, 3.63) is 59.2 Å². The summed E-state index contributed by atoms with van der Waals surface area (Å²) in [6, 6.07) is 8.82. The van der Waals surface area contributed by atoms with Crippen molar-refractivity contribution in [1.29, 1.82) is 0 Å². The fourth-order valence-corrected chi connectivity index (χ4v) is 1.99. The minimum Gasteiger partial charge on any atom is -0.481 e. The molecule has 0 spiro atoms. The maximum atomic E-state index is 13.1. The molecule has 116 valence electrons. The average molecular weight is 305 g/mol. The van der Waals surface area contributed by atoms with Crippen LogP contribution in [0.2, 0.25) is 0 Å². The van der Waals surface area contributed by atoms with E-state index < -0.39 is 23.6 Å². The summed E-state index contributed by atoms with van der Waals surface area (Å²) in [5.74, 6) is -1.80. The first kappa shape index (κ1) is 15.9. The van der Waals surface area contributed by atoms with E-state index in [0.29, 0.717) is 5.75 Å². The zero-order valence-electron chi connectivity index (χ0n) is 12.6. The number of hydrogen-bond acceptors (Lipinski definition) is 2. The molecule has 2 aromatic carbocycles. The lowest BCUT2D eigenvalue weighted by atomic mass is 10.1. The smallest absolute Gasteiger partial charge is 0.265 e. The second-order valence-corrected chi connectivity index (χ2v) is 5.15. The van der Waals surface area contributed by atoms with Gasteiger partial charge in [-0.15, -0.1) is 0 Å². The quantitative estimate of drug-likeness (QED) is 0.927. The first-order valence-electron chi connectivity index (χ1n) is 6.86. The van der Waals surface area contributed by atoms with Gasteiger partial charge in [0.1, 0.15) is 5.75 Å². The van der Waals surface area contributed by atoms with Crippen LogP contribution in [0.4, 0.5) is 14.5 Å². The predicted molar refractivity (Wildman–Crippen MR) is 81.0 cm³/mol. The van der Waals surface area contributed by atoms with Gasteiger partial charge in [-0.05, 0) is 44.5 Å². The van der Waals surface area contributed by atoms with Crippen LogP contribution in [0.15, 0.2) is 36.4 Å². The molecule has 0 unspecified atom stereocenters. The zero-order chi connectivity index (χ0) is 16.3. The highest BCUT2D eigenvalue weighted by atomic mass is 19.2. The molecule has 0 aliphatic heterocycles. The van der Waals surface area contributed by atoms with Crippen LogP contribution >= 0.6 is 0 Å². The molecule has 3 nitrogen and oxygen atoms in total. The predicted octanol–water partition coefficient (Wildman–Crippen LogP) is 3.99.